The maximum Gasteiger partial charge on any atom is 0.191 e. The molecule has 0 spiro atoms. The first-order valence-corrected chi connectivity index (χ1v) is 9.77. The molecule has 7 nitrogen and oxygen atoms in total. The van der Waals surface area contributed by atoms with Gasteiger partial charge in [0.05, 0.1) is 6.54 Å². The van der Waals surface area contributed by atoms with Crippen molar-refractivity contribution >= 4 is 35.6 Å². The lowest BCUT2D eigenvalue weighted by Crippen LogP contribution is -2.37. The molecule has 0 saturated carbocycles. The Morgan fingerprint density at radius 3 is 2.38 bits per heavy atom. The number of aromatic nitrogens is 3. The van der Waals surface area contributed by atoms with Crippen LogP contribution in [0.5, 0.6) is 0 Å². The molecule has 0 bridgehead atoms. The summed E-state index contributed by atoms with van der Waals surface area (Å²) in [6, 6.07) is 14.4. The smallest absolute Gasteiger partial charge is 0.191 e. The van der Waals surface area contributed by atoms with Gasteiger partial charge in [0.2, 0.25) is 0 Å². The second-order valence-electron chi connectivity index (χ2n) is 6.55. The van der Waals surface area contributed by atoms with Gasteiger partial charge < -0.3 is 10.6 Å². The summed E-state index contributed by atoms with van der Waals surface area (Å²) in [4.78, 5) is 6.75. The van der Waals surface area contributed by atoms with E-state index in [2.05, 4.69) is 68.8 Å². The van der Waals surface area contributed by atoms with Crippen LogP contribution in [-0.2, 0) is 19.6 Å². The van der Waals surface area contributed by atoms with E-state index in [1.54, 1.807) is 7.05 Å². The average Bonchev–Trinajstić information content (AvgIpc) is 3.16. The lowest BCUT2D eigenvalue weighted by molar-refractivity contribution is 0.295. The SMILES string of the molecule is CCN(CC)Cc1ccccc1CNC(=NC)NCc1nnc2ccccn12.I. The van der Waals surface area contributed by atoms with Crippen molar-refractivity contribution in [2.75, 3.05) is 20.1 Å². The Balaban J connectivity index is 0.00000300. The lowest BCUT2D eigenvalue weighted by Gasteiger charge is -2.20. The number of pyridine rings is 1. The number of halogens is 1. The van der Waals surface area contributed by atoms with E-state index in [4.69, 9.17) is 0 Å². The zero-order chi connectivity index (χ0) is 19.8. The average molecular weight is 507 g/mol. The molecule has 2 N–H and O–H groups in total. The van der Waals surface area contributed by atoms with E-state index in [0.717, 1.165) is 43.6 Å². The van der Waals surface area contributed by atoms with Crippen LogP contribution in [0.3, 0.4) is 0 Å². The summed E-state index contributed by atoms with van der Waals surface area (Å²) in [5, 5.41) is 15.2. The lowest BCUT2D eigenvalue weighted by atomic mass is 10.1. The monoisotopic (exact) mass is 507 g/mol. The molecule has 0 atom stereocenters. The molecule has 3 rings (SSSR count). The van der Waals surface area contributed by atoms with Crippen molar-refractivity contribution in [1.29, 1.82) is 0 Å². The van der Waals surface area contributed by atoms with Crippen molar-refractivity contribution in [2.45, 2.75) is 33.5 Å². The molecule has 2 aromatic heterocycles. The van der Waals surface area contributed by atoms with Gasteiger partial charge in [-0.05, 0) is 36.3 Å². The highest BCUT2D eigenvalue weighted by Gasteiger charge is 2.08. The van der Waals surface area contributed by atoms with Crippen LogP contribution in [0.25, 0.3) is 5.65 Å². The van der Waals surface area contributed by atoms with Gasteiger partial charge in [-0.3, -0.25) is 14.3 Å². The Bertz CT molecular complexity index is 918. The summed E-state index contributed by atoms with van der Waals surface area (Å²) in [5.41, 5.74) is 3.47. The third kappa shape index (κ3) is 6.14. The van der Waals surface area contributed by atoms with Crippen molar-refractivity contribution in [1.82, 2.24) is 30.1 Å². The first-order chi connectivity index (χ1) is 13.7. The van der Waals surface area contributed by atoms with Gasteiger partial charge >= 0.3 is 0 Å². The summed E-state index contributed by atoms with van der Waals surface area (Å²) >= 11 is 0. The van der Waals surface area contributed by atoms with Crippen LogP contribution in [0.4, 0.5) is 0 Å². The number of guanidine groups is 1. The van der Waals surface area contributed by atoms with E-state index in [1.165, 1.54) is 11.1 Å². The third-order valence-electron chi connectivity index (χ3n) is 4.87. The molecule has 1 aromatic carbocycles. The highest BCUT2D eigenvalue weighted by Crippen LogP contribution is 2.11. The van der Waals surface area contributed by atoms with E-state index in [-0.39, 0.29) is 24.0 Å². The molecule has 0 fully saturated rings. The number of nitrogens with one attached hydrogen (secondary N) is 2. The van der Waals surface area contributed by atoms with Gasteiger partial charge in [-0.2, -0.15) is 0 Å². The van der Waals surface area contributed by atoms with Crippen LogP contribution in [0.2, 0.25) is 0 Å². The summed E-state index contributed by atoms with van der Waals surface area (Å²) in [5.74, 6) is 1.59. The van der Waals surface area contributed by atoms with Crippen molar-refractivity contribution < 1.29 is 0 Å². The largest absolute Gasteiger partial charge is 0.352 e. The Hall–Kier alpha value is -2.20. The molecule has 156 valence electrons. The Labute approximate surface area is 189 Å². The molecule has 0 saturated heterocycles. The summed E-state index contributed by atoms with van der Waals surface area (Å²) in [6.07, 6.45) is 1.96. The van der Waals surface area contributed by atoms with Gasteiger partial charge in [0.15, 0.2) is 17.4 Å². The van der Waals surface area contributed by atoms with Crippen LogP contribution in [0.1, 0.15) is 30.8 Å². The van der Waals surface area contributed by atoms with Gasteiger partial charge in [0.1, 0.15) is 0 Å². The van der Waals surface area contributed by atoms with E-state index in [1.807, 2.05) is 28.8 Å². The maximum atomic E-state index is 4.33. The van der Waals surface area contributed by atoms with Gasteiger partial charge in [0.25, 0.3) is 0 Å². The maximum absolute atomic E-state index is 4.33. The number of hydrogen-bond acceptors (Lipinski definition) is 4. The first-order valence-electron chi connectivity index (χ1n) is 9.77. The summed E-state index contributed by atoms with van der Waals surface area (Å²) in [6.45, 7) is 8.72. The molecule has 29 heavy (non-hydrogen) atoms. The van der Waals surface area contributed by atoms with Crippen molar-refractivity contribution in [2.24, 2.45) is 4.99 Å². The molecule has 3 aromatic rings. The Morgan fingerprint density at radius 2 is 1.66 bits per heavy atom. The Morgan fingerprint density at radius 1 is 0.966 bits per heavy atom. The van der Waals surface area contributed by atoms with Gasteiger partial charge in [-0.25, -0.2) is 0 Å². The quantitative estimate of drug-likeness (QED) is 0.279. The molecule has 0 unspecified atom stereocenters. The van der Waals surface area contributed by atoms with Crippen molar-refractivity contribution in [3.63, 3.8) is 0 Å². The predicted octanol–water partition coefficient (Wildman–Crippen LogP) is 3.05. The van der Waals surface area contributed by atoms with Gasteiger partial charge in [-0.15, -0.1) is 34.2 Å². The van der Waals surface area contributed by atoms with Crippen LogP contribution < -0.4 is 10.6 Å². The fourth-order valence-electron chi connectivity index (χ4n) is 3.15. The highest BCUT2D eigenvalue weighted by molar-refractivity contribution is 14.0. The zero-order valence-corrected chi connectivity index (χ0v) is 19.6. The minimum absolute atomic E-state index is 0. The number of rotatable bonds is 8. The minimum Gasteiger partial charge on any atom is -0.352 e. The number of aliphatic imine (C=N–C) groups is 1. The van der Waals surface area contributed by atoms with E-state index in [0.29, 0.717) is 6.54 Å². The fraction of sp³-hybridized carbons (Fsp3) is 0.381. The van der Waals surface area contributed by atoms with E-state index >= 15 is 0 Å². The second-order valence-corrected chi connectivity index (χ2v) is 6.55. The third-order valence-corrected chi connectivity index (χ3v) is 4.87. The molecular formula is C21H30IN7. The second kappa shape index (κ2) is 11.7. The number of hydrogen-bond donors (Lipinski definition) is 2. The highest BCUT2D eigenvalue weighted by atomic mass is 127. The van der Waals surface area contributed by atoms with Crippen LogP contribution >= 0.6 is 24.0 Å². The standard InChI is InChI=1S/C21H29N7.HI/c1-4-27(5-2)16-18-11-7-6-10-17(18)14-23-21(22-3)24-15-20-26-25-19-12-8-9-13-28(19)20;/h6-13H,4-5,14-16H2,1-3H3,(H2,22,23,24);1H. The Kier molecular flexibility index (Phi) is 9.33. The minimum atomic E-state index is 0. The topological polar surface area (TPSA) is 69.8 Å². The number of benzene rings is 1. The van der Waals surface area contributed by atoms with Crippen LogP contribution in [0, 0.1) is 0 Å². The fourth-order valence-corrected chi connectivity index (χ4v) is 3.15. The molecule has 0 aliphatic rings. The van der Waals surface area contributed by atoms with E-state index < -0.39 is 0 Å². The van der Waals surface area contributed by atoms with Crippen molar-refractivity contribution in [3.8, 4) is 0 Å². The molecule has 0 aliphatic carbocycles. The molecule has 2 heterocycles. The van der Waals surface area contributed by atoms with Crippen LogP contribution in [0.15, 0.2) is 53.7 Å². The van der Waals surface area contributed by atoms with Crippen LogP contribution in [-0.4, -0.2) is 45.6 Å². The molecule has 8 heteroatoms. The summed E-state index contributed by atoms with van der Waals surface area (Å²) < 4.78 is 1.97. The predicted molar refractivity (Wildman–Crippen MR) is 129 cm³/mol. The normalized spacial score (nSPS) is 11.5. The summed E-state index contributed by atoms with van der Waals surface area (Å²) in [7, 11) is 1.78. The number of fused-ring (bicyclic) bond motifs is 1. The number of nitrogens with zero attached hydrogens (tertiary/aromatic N) is 5. The molecule has 0 aliphatic heterocycles. The molecular weight excluding hydrogens is 477 g/mol. The molecule has 0 amide bonds. The van der Waals surface area contributed by atoms with E-state index in [9.17, 15) is 0 Å². The van der Waals surface area contributed by atoms with Gasteiger partial charge in [0, 0.05) is 26.3 Å². The molecule has 0 radical (unpaired) electrons. The van der Waals surface area contributed by atoms with Crippen molar-refractivity contribution in [3.05, 3.63) is 65.6 Å². The zero-order valence-electron chi connectivity index (χ0n) is 17.3. The first kappa shape index (κ1) is 23.1. The van der Waals surface area contributed by atoms with Gasteiger partial charge in [-0.1, -0.05) is 44.2 Å².